The summed E-state index contributed by atoms with van der Waals surface area (Å²) in [5.41, 5.74) is 3.04. The minimum atomic E-state index is -0.202. The maximum Gasteiger partial charge on any atom is 0.253 e. The number of benzene rings is 2. The van der Waals surface area contributed by atoms with Crippen molar-refractivity contribution in [3.05, 3.63) is 65.2 Å². The average Bonchev–Trinajstić information content (AvgIpc) is 3.16. The minimum absolute atomic E-state index is 0.0850. The Hall–Kier alpha value is -2.66. The van der Waals surface area contributed by atoms with Gasteiger partial charge >= 0.3 is 0 Å². The number of carbonyl (C=O) groups is 2. The van der Waals surface area contributed by atoms with Crippen molar-refractivity contribution < 1.29 is 14.3 Å². The van der Waals surface area contributed by atoms with Crippen LogP contribution in [0.25, 0.3) is 0 Å². The van der Waals surface area contributed by atoms with Gasteiger partial charge in [0.2, 0.25) is 5.91 Å². The topological polar surface area (TPSA) is 67.4 Å². The summed E-state index contributed by atoms with van der Waals surface area (Å²) in [6.45, 7) is 3.23. The lowest BCUT2D eigenvalue weighted by molar-refractivity contribution is -0.115. The van der Waals surface area contributed by atoms with Crippen LogP contribution in [0.2, 0.25) is 0 Å². The number of amides is 2. The fourth-order valence-electron chi connectivity index (χ4n) is 3.07. The first kappa shape index (κ1) is 18.1. The van der Waals surface area contributed by atoms with Gasteiger partial charge in [0.25, 0.3) is 5.91 Å². The standard InChI is InChI=1S/C21H24N2O3/c1-15-7-2-3-8-16(15)13-20(24)23-19-11-5-4-10-18(19)21(25)22-14-17-9-6-12-26-17/h2-5,7-8,10-11,17H,6,9,12-14H2,1H3,(H,22,25)(H,23,24)/t17-/m1/s1. The van der Waals surface area contributed by atoms with Crippen LogP contribution in [0.15, 0.2) is 48.5 Å². The highest BCUT2D eigenvalue weighted by Gasteiger charge is 2.18. The molecule has 1 atom stereocenters. The molecule has 1 heterocycles. The Morgan fingerprint density at radius 1 is 1.12 bits per heavy atom. The second-order valence-electron chi connectivity index (χ2n) is 6.54. The van der Waals surface area contributed by atoms with Crippen LogP contribution < -0.4 is 10.6 Å². The second-order valence-corrected chi connectivity index (χ2v) is 6.54. The second kappa shape index (κ2) is 8.63. The quantitative estimate of drug-likeness (QED) is 0.839. The molecule has 2 aromatic rings. The Morgan fingerprint density at radius 2 is 1.88 bits per heavy atom. The summed E-state index contributed by atoms with van der Waals surface area (Å²) in [7, 11) is 0. The van der Waals surface area contributed by atoms with Gasteiger partial charge < -0.3 is 15.4 Å². The van der Waals surface area contributed by atoms with Gasteiger partial charge in [0.05, 0.1) is 23.8 Å². The molecule has 5 nitrogen and oxygen atoms in total. The first-order valence-corrected chi connectivity index (χ1v) is 8.96. The van der Waals surface area contributed by atoms with Crippen LogP contribution in [0.5, 0.6) is 0 Å². The molecule has 26 heavy (non-hydrogen) atoms. The molecular weight excluding hydrogens is 328 g/mol. The molecule has 2 amide bonds. The average molecular weight is 352 g/mol. The van der Waals surface area contributed by atoms with E-state index >= 15 is 0 Å². The maximum absolute atomic E-state index is 12.5. The molecule has 0 aromatic heterocycles. The van der Waals surface area contributed by atoms with E-state index in [-0.39, 0.29) is 24.3 Å². The number of nitrogens with one attached hydrogen (secondary N) is 2. The summed E-state index contributed by atoms with van der Waals surface area (Å²) in [6, 6.07) is 14.8. The van der Waals surface area contributed by atoms with Crippen molar-refractivity contribution >= 4 is 17.5 Å². The van der Waals surface area contributed by atoms with Gasteiger partial charge in [0.15, 0.2) is 0 Å². The first-order chi connectivity index (χ1) is 12.6. The van der Waals surface area contributed by atoms with Crippen LogP contribution in [0.1, 0.15) is 34.3 Å². The lowest BCUT2D eigenvalue weighted by Crippen LogP contribution is -2.32. The summed E-state index contributed by atoms with van der Waals surface area (Å²) in [5, 5.41) is 5.76. The molecule has 2 N–H and O–H groups in total. The fraction of sp³-hybridized carbons (Fsp3) is 0.333. The van der Waals surface area contributed by atoms with Crippen molar-refractivity contribution in [3.63, 3.8) is 0 Å². The van der Waals surface area contributed by atoms with E-state index in [4.69, 9.17) is 4.74 Å². The molecule has 1 aliphatic heterocycles. The summed E-state index contributed by atoms with van der Waals surface area (Å²) >= 11 is 0. The number of hydrogen-bond donors (Lipinski definition) is 2. The lowest BCUT2D eigenvalue weighted by Gasteiger charge is -2.14. The molecule has 2 aromatic carbocycles. The molecule has 1 fully saturated rings. The van der Waals surface area contributed by atoms with E-state index in [9.17, 15) is 9.59 Å². The van der Waals surface area contributed by atoms with Gasteiger partial charge in [0.1, 0.15) is 0 Å². The van der Waals surface area contributed by atoms with E-state index in [2.05, 4.69) is 10.6 Å². The van der Waals surface area contributed by atoms with Crippen molar-refractivity contribution in [2.45, 2.75) is 32.3 Å². The van der Waals surface area contributed by atoms with Crippen molar-refractivity contribution in [3.8, 4) is 0 Å². The summed E-state index contributed by atoms with van der Waals surface area (Å²) < 4.78 is 5.53. The third kappa shape index (κ3) is 4.70. The molecule has 1 saturated heterocycles. The van der Waals surface area contributed by atoms with Gasteiger partial charge in [-0.1, -0.05) is 36.4 Å². The number of anilines is 1. The van der Waals surface area contributed by atoms with Crippen LogP contribution in [-0.4, -0.2) is 31.1 Å². The van der Waals surface area contributed by atoms with Gasteiger partial charge in [-0.15, -0.1) is 0 Å². The summed E-state index contributed by atoms with van der Waals surface area (Å²) in [4.78, 5) is 24.9. The monoisotopic (exact) mass is 352 g/mol. The van der Waals surface area contributed by atoms with E-state index in [1.54, 1.807) is 24.3 Å². The zero-order valence-electron chi connectivity index (χ0n) is 15.0. The van der Waals surface area contributed by atoms with Crippen LogP contribution in [-0.2, 0) is 16.0 Å². The Bertz CT molecular complexity index is 782. The zero-order valence-corrected chi connectivity index (χ0v) is 15.0. The molecule has 0 spiro atoms. The highest BCUT2D eigenvalue weighted by Crippen LogP contribution is 2.17. The molecular formula is C21H24N2O3. The smallest absolute Gasteiger partial charge is 0.253 e. The van der Waals surface area contributed by atoms with E-state index in [1.165, 1.54) is 0 Å². The van der Waals surface area contributed by atoms with Crippen molar-refractivity contribution in [1.82, 2.24) is 5.32 Å². The number of rotatable bonds is 6. The summed E-state index contributed by atoms with van der Waals surface area (Å²) in [6.07, 6.45) is 2.36. The Balaban J connectivity index is 1.63. The molecule has 3 rings (SSSR count). The van der Waals surface area contributed by atoms with Crippen LogP contribution in [0, 0.1) is 6.92 Å². The first-order valence-electron chi connectivity index (χ1n) is 8.96. The fourth-order valence-corrected chi connectivity index (χ4v) is 3.07. The molecule has 0 bridgehead atoms. The number of hydrogen-bond acceptors (Lipinski definition) is 3. The zero-order chi connectivity index (χ0) is 18.4. The van der Waals surface area contributed by atoms with Gasteiger partial charge in [-0.2, -0.15) is 0 Å². The molecule has 136 valence electrons. The van der Waals surface area contributed by atoms with Crippen molar-refractivity contribution in [2.24, 2.45) is 0 Å². The molecule has 5 heteroatoms. The highest BCUT2D eigenvalue weighted by molar-refractivity contribution is 6.04. The van der Waals surface area contributed by atoms with Gasteiger partial charge in [-0.05, 0) is 43.0 Å². The van der Waals surface area contributed by atoms with Crippen molar-refractivity contribution in [2.75, 3.05) is 18.5 Å². The molecule has 0 unspecified atom stereocenters. The van der Waals surface area contributed by atoms with E-state index in [1.807, 2.05) is 31.2 Å². The largest absolute Gasteiger partial charge is 0.376 e. The normalized spacial score (nSPS) is 16.3. The van der Waals surface area contributed by atoms with E-state index in [0.717, 1.165) is 30.6 Å². The third-order valence-electron chi connectivity index (χ3n) is 4.57. The molecule has 0 saturated carbocycles. The predicted octanol–water partition coefficient (Wildman–Crippen LogP) is 3.09. The minimum Gasteiger partial charge on any atom is -0.376 e. The Morgan fingerprint density at radius 3 is 2.65 bits per heavy atom. The third-order valence-corrected chi connectivity index (χ3v) is 4.57. The number of aryl methyl sites for hydroxylation is 1. The number of para-hydroxylation sites is 1. The van der Waals surface area contributed by atoms with Gasteiger partial charge in [-0.3, -0.25) is 9.59 Å². The number of carbonyl (C=O) groups excluding carboxylic acids is 2. The van der Waals surface area contributed by atoms with Crippen molar-refractivity contribution in [1.29, 1.82) is 0 Å². The summed E-state index contributed by atoms with van der Waals surface area (Å²) in [5.74, 6) is -0.342. The van der Waals surface area contributed by atoms with Crippen LogP contribution in [0.4, 0.5) is 5.69 Å². The predicted molar refractivity (Wildman–Crippen MR) is 101 cm³/mol. The molecule has 1 aliphatic rings. The molecule has 0 radical (unpaired) electrons. The van der Waals surface area contributed by atoms with Crippen LogP contribution in [0.3, 0.4) is 0 Å². The highest BCUT2D eigenvalue weighted by atomic mass is 16.5. The van der Waals surface area contributed by atoms with Gasteiger partial charge in [-0.25, -0.2) is 0 Å². The van der Waals surface area contributed by atoms with Gasteiger partial charge in [0, 0.05) is 13.2 Å². The Kier molecular flexibility index (Phi) is 6.02. The SMILES string of the molecule is Cc1ccccc1CC(=O)Nc1ccccc1C(=O)NC[C@H]1CCCO1. The van der Waals surface area contributed by atoms with E-state index in [0.29, 0.717) is 17.8 Å². The molecule has 0 aliphatic carbocycles. The van der Waals surface area contributed by atoms with Crippen LogP contribution >= 0.6 is 0 Å². The van der Waals surface area contributed by atoms with E-state index < -0.39 is 0 Å². The lowest BCUT2D eigenvalue weighted by atomic mass is 10.1. The number of ether oxygens (including phenoxy) is 1. The Labute approximate surface area is 153 Å². The maximum atomic E-state index is 12.5.